The van der Waals surface area contributed by atoms with Gasteiger partial charge in [0.25, 0.3) is 11.1 Å². The maximum atomic E-state index is 12.2. The van der Waals surface area contributed by atoms with Crippen LogP contribution < -0.4 is 15.8 Å². The summed E-state index contributed by atoms with van der Waals surface area (Å²) in [5.41, 5.74) is 6.11. The summed E-state index contributed by atoms with van der Waals surface area (Å²) >= 11 is 2.62. The van der Waals surface area contributed by atoms with Crippen LogP contribution in [0.15, 0.2) is 41.2 Å². The number of aromatic nitrogens is 2. The Balaban J connectivity index is 1.62. The lowest BCUT2D eigenvalue weighted by atomic mass is 10.2. The highest BCUT2D eigenvalue weighted by atomic mass is 32.1. The molecule has 0 aliphatic carbocycles. The van der Waals surface area contributed by atoms with Crippen LogP contribution >= 0.6 is 22.7 Å². The van der Waals surface area contributed by atoms with Crippen LogP contribution in [0.4, 0.5) is 5.13 Å². The molecule has 0 fully saturated rings. The first-order chi connectivity index (χ1) is 11.6. The molecule has 122 valence electrons. The highest BCUT2D eigenvalue weighted by molar-refractivity contribution is 7.14. The summed E-state index contributed by atoms with van der Waals surface area (Å²) in [5.74, 6) is -0.163. The molecule has 0 saturated heterocycles. The monoisotopic (exact) mass is 360 g/mol. The van der Waals surface area contributed by atoms with Crippen LogP contribution in [-0.2, 0) is 11.2 Å². The molecule has 0 bridgehead atoms. The molecule has 3 rings (SSSR count). The van der Waals surface area contributed by atoms with Gasteiger partial charge in [-0.15, -0.1) is 11.3 Å². The first kappa shape index (κ1) is 16.1. The SMILES string of the molecule is NC(=O)Cc1csc(NC(=O)c2ccc(Oc3nccs3)cc2)n1. The minimum absolute atomic E-state index is 0.0508. The topological polar surface area (TPSA) is 107 Å². The summed E-state index contributed by atoms with van der Waals surface area (Å²) in [7, 11) is 0. The van der Waals surface area contributed by atoms with Crippen molar-refractivity contribution in [3.8, 4) is 10.9 Å². The Kier molecular flexibility index (Phi) is 4.82. The molecule has 9 heteroatoms. The van der Waals surface area contributed by atoms with Gasteiger partial charge in [-0.1, -0.05) is 11.3 Å². The lowest BCUT2D eigenvalue weighted by Crippen LogP contribution is -2.14. The molecular formula is C15H12N4O3S2. The van der Waals surface area contributed by atoms with Gasteiger partial charge in [0.2, 0.25) is 5.91 Å². The highest BCUT2D eigenvalue weighted by Gasteiger charge is 2.10. The number of hydrogen-bond donors (Lipinski definition) is 2. The van der Waals surface area contributed by atoms with E-state index in [-0.39, 0.29) is 12.3 Å². The molecule has 7 nitrogen and oxygen atoms in total. The van der Waals surface area contributed by atoms with E-state index in [0.29, 0.717) is 27.3 Å². The molecule has 0 atom stereocenters. The molecule has 24 heavy (non-hydrogen) atoms. The van der Waals surface area contributed by atoms with E-state index in [0.717, 1.165) is 0 Å². The number of nitrogens with two attached hydrogens (primary N) is 1. The van der Waals surface area contributed by atoms with Crippen molar-refractivity contribution in [3.05, 3.63) is 52.5 Å². The van der Waals surface area contributed by atoms with E-state index in [1.807, 2.05) is 5.38 Å². The molecule has 1 aromatic carbocycles. The van der Waals surface area contributed by atoms with Crippen LogP contribution in [0.3, 0.4) is 0 Å². The number of hydrogen-bond acceptors (Lipinski definition) is 7. The number of nitrogens with zero attached hydrogens (tertiary/aromatic N) is 2. The van der Waals surface area contributed by atoms with Crippen molar-refractivity contribution in [2.75, 3.05) is 5.32 Å². The molecule has 2 aromatic heterocycles. The molecule has 2 heterocycles. The number of ether oxygens (including phenoxy) is 1. The summed E-state index contributed by atoms with van der Waals surface area (Å²) in [6.07, 6.45) is 1.71. The van der Waals surface area contributed by atoms with Crippen molar-refractivity contribution >= 4 is 39.6 Å². The zero-order valence-corrected chi connectivity index (χ0v) is 13.9. The second-order valence-electron chi connectivity index (χ2n) is 4.67. The van der Waals surface area contributed by atoms with E-state index >= 15 is 0 Å². The summed E-state index contributed by atoms with van der Waals surface area (Å²) in [4.78, 5) is 31.2. The van der Waals surface area contributed by atoms with E-state index in [9.17, 15) is 9.59 Å². The van der Waals surface area contributed by atoms with Crippen LogP contribution in [0.25, 0.3) is 0 Å². The lowest BCUT2D eigenvalue weighted by Gasteiger charge is -2.04. The van der Waals surface area contributed by atoms with Crippen molar-refractivity contribution in [3.63, 3.8) is 0 Å². The fraction of sp³-hybridized carbons (Fsp3) is 0.0667. The normalized spacial score (nSPS) is 10.3. The minimum Gasteiger partial charge on any atom is -0.431 e. The highest BCUT2D eigenvalue weighted by Crippen LogP contribution is 2.24. The summed E-state index contributed by atoms with van der Waals surface area (Å²) < 4.78 is 5.53. The summed E-state index contributed by atoms with van der Waals surface area (Å²) in [6.45, 7) is 0. The number of benzene rings is 1. The van der Waals surface area contributed by atoms with Gasteiger partial charge in [0.15, 0.2) is 5.13 Å². The van der Waals surface area contributed by atoms with E-state index in [1.165, 1.54) is 22.7 Å². The summed E-state index contributed by atoms with van der Waals surface area (Å²) in [5, 5.41) is 7.14. The standard InChI is InChI=1S/C15H12N4O3S2/c16-12(20)7-10-8-24-14(18-10)19-13(21)9-1-3-11(4-2-9)22-15-17-5-6-23-15/h1-6,8H,7H2,(H2,16,20)(H,18,19,21). The van der Waals surface area contributed by atoms with Gasteiger partial charge in [0, 0.05) is 22.5 Å². The maximum Gasteiger partial charge on any atom is 0.278 e. The number of amides is 2. The average molecular weight is 360 g/mol. The number of primary amides is 1. The second-order valence-corrected chi connectivity index (χ2v) is 6.38. The number of carbonyl (C=O) groups excluding carboxylic acids is 2. The number of rotatable bonds is 6. The average Bonchev–Trinajstić information content (AvgIpc) is 3.20. The zero-order valence-electron chi connectivity index (χ0n) is 12.3. The molecule has 3 N–H and O–H groups in total. The van der Waals surface area contributed by atoms with E-state index in [2.05, 4.69) is 15.3 Å². The first-order valence-electron chi connectivity index (χ1n) is 6.81. The molecule has 0 aliphatic rings. The van der Waals surface area contributed by atoms with Gasteiger partial charge < -0.3 is 10.5 Å². The fourth-order valence-electron chi connectivity index (χ4n) is 1.83. The summed E-state index contributed by atoms with van der Waals surface area (Å²) in [6, 6.07) is 6.68. The zero-order chi connectivity index (χ0) is 16.9. The first-order valence-corrected chi connectivity index (χ1v) is 8.57. The second kappa shape index (κ2) is 7.20. The Labute approximate surface area is 145 Å². The Morgan fingerprint density at radius 3 is 2.67 bits per heavy atom. The third-order valence-corrected chi connectivity index (χ3v) is 4.31. The molecule has 3 aromatic rings. The third-order valence-electron chi connectivity index (χ3n) is 2.86. The molecular weight excluding hydrogens is 348 g/mol. The number of anilines is 1. The predicted molar refractivity (Wildman–Crippen MR) is 91.6 cm³/mol. The van der Waals surface area contributed by atoms with Gasteiger partial charge in [-0.3, -0.25) is 14.9 Å². The van der Waals surface area contributed by atoms with Crippen molar-refractivity contribution in [1.82, 2.24) is 9.97 Å². The largest absolute Gasteiger partial charge is 0.431 e. The Morgan fingerprint density at radius 1 is 1.21 bits per heavy atom. The fourth-order valence-corrected chi connectivity index (χ4v) is 3.04. The third kappa shape index (κ3) is 4.15. The Morgan fingerprint density at radius 2 is 2.00 bits per heavy atom. The van der Waals surface area contributed by atoms with Crippen LogP contribution in [0.5, 0.6) is 10.9 Å². The Hall–Kier alpha value is -2.78. The molecule has 0 aliphatic heterocycles. The Bertz CT molecular complexity index is 844. The molecule has 0 spiro atoms. The smallest absolute Gasteiger partial charge is 0.278 e. The number of carbonyl (C=O) groups is 2. The van der Waals surface area contributed by atoms with Gasteiger partial charge in [-0.2, -0.15) is 0 Å². The minimum atomic E-state index is -0.464. The predicted octanol–water partition coefficient (Wildman–Crippen LogP) is 2.67. The van der Waals surface area contributed by atoms with Gasteiger partial charge in [0.05, 0.1) is 12.1 Å². The van der Waals surface area contributed by atoms with E-state index in [4.69, 9.17) is 10.5 Å². The maximum absolute atomic E-state index is 12.2. The van der Waals surface area contributed by atoms with Crippen LogP contribution in [-0.4, -0.2) is 21.8 Å². The van der Waals surface area contributed by atoms with Gasteiger partial charge in [-0.05, 0) is 24.3 Å². The molecule has 0 unspecified atom stereocenters. The molecule has 2 amide bonds. The quantitative estimate of drug-likeness (QED) is 0.703. The molecule has 0 radical (unpaired) electrons. The molecule has 0 saturated carbocycles. The van der Waals surface area contributed by atoms with Crippen molar-refractivity contribution in [2.24, 2.45) is 5.73 Å². The van der Waals surface area contributed by atoms with Crippen LogP contribution in [0.2, 0.25) is 0 Å². The van der Waals surface area contributed by atoms with Gasteiger partial charge in [-0.25, -0.2) is 9.97 Å². The van der Waals surface area contributed by atoms with Crippen LogP contribution in [0, 0.1) is 0 Å². The van der Waals surface area contributed by atoms with Crippen LogP contribution in [0.1, 0.15) is 16.1 Å². The van der Waals surface area contributed by atoms with E-state index in [1.54, 1.807) is 35.8 Å². The van der Waals surface area contributed by atoms with E-state index < -0.39 is 5.91 Å². The number of thiazole rings is 2. The lowest BCUT2D eigenvalue weighted by molar-refractivity contribution is -0.117. The number of nitrogens with one attached hydrogen (secondary N) is 1. The van der Waals surface area contributed by atoms with Gasteiger partial charge >= 0.3 is 0 Å². The van der Waals surface area contributed by atoms with Crippen molar-refractivity contribution in [2.45, 2.75) is 6.42 Å². The van der Waals surface area contributed by atoms with Crippen molar-refractivity contribution < 1.29 is 14.3 Å². The van der Waals surface area contributed by atoms with Gasteiger partial charge in [0.1, 0.15) is 5.75 Å². The van der Waals surface area contributed by atoms with Crippen molar-refractivity contribution in [1.29, 1.82) is 0 Å².